The normalized spacial score (nSPS) is 43.3. The minimum Gasteiger partial charge on any atom is -0.389 e. The van der Waals surface area contributed by atoms with Gasteiger partial charge in [0, 0.05) is 18.6 Å². The Hall–Kier alpha value is -1.21. The summed E-state index contributed by atoms with van der Waals surface area (Å²) in [6.07, 6.45) is -7.93. The van der Waals surface area contributed by atoms with Gasteiger partial charge in [-0.05, 0) is 12.0 Å². The average molecular weight is 414 g/mol. The third-order valence-corrected chi connectivity index (χ3v) is 5.57. The molecule has 10 heteroatoms. The summed E-state index contributed by atoms with van der Waals surface area (Å²) in [5, 5.41) is 20.3. The zero-order chi connectivity index (χ0) is 21.1. The smallest absolute Gasteiger partial charge is 0.176 e. The molecule has 1 aromatic rings. The molecule has 1 saturated heterocycles. The summed E-state index contributed by atoms with van der Waals surface area (Å²) < 4.78 is 32.3. The third-order valence-electron chi connectivity index (χ3n) is 5.57. The molecule has 0 unspecified atom stereocenters. The Balaban J connectivity index is 1.65. The zero-order valence-electron chi connectivity index (χ0n) is 16.1. The van der Waals surface area contributed by atoms with Gasteiger partial charge in [0.1, 0.15) is 30.6 Å². The second-order valence-corrected chi connectivity index (χ2v) is 7.71. The van der Waals surface area contributed by atoms with Crippen LogP contribution in [0.25, 0.3) is 0 Å². The molecule has 9 nitrogen and oxygen atoms in total. The average Bonchev–Trinajstić information content (AvgIpc) is 2.72. The van der Waals surface area contributed by atoms with Crippen LogP contribution in [0.2, 0.25) is 0 Å². The molecule has 1 aliphatic heterocycles. The van der Waals surface area contributed by atoms with E-state index in [1.165, 1.54) is 0 Å². The van der Waals surface area contributed by atoms with Gasteiger partial charge >= 0.3 is 0 Å². The number of halogens is 1. The van der Waals surface area contributed by atoms with Crippen LogP contribution < -0.4 is 22.9 Å². The molecule has 2 aliphatic rings. The maximum absolute atomic E-state index is 15.1. The van der Waals surface area contributed by atoms with Crippen molar-refractivity contribution < 1.29 is 28.8 Å². The molecule has 1 heterocycles. The van der Waals surface area contributed by atoms with E-state index in [0.717, 1.165) is 5.56 Å². The fraction of sp³-hybridized carbons (Fsp3) is 0.684. The first kappa shape index (κ1) is 22.5. The molecule has 0 radical (unpaired) electrons. The predicted molar refractivity (Wildman–Crippen MR) is 103 cm³/mol. The predicted octanol–water partition coefficient (Wildman–Crippen LogP) is -1.91. The van der Waals surface area contributed by atoms with Crippen LogP contribution in [0.15, 0.2) is 30.3 Å². The van der Waals surface area contributed by atoms with E-state index in [9.17, 15) is 10.2 Å². The lowest BCUT2D eigenvalue weighted by atomic mass is 9.84. The summed E-state index contributed by atoms with van der Waals surface area (Å²) in [6.45, 7) is 0.166. The summed E-state index contributed by atoms with van der Waals surface area (Å²) in [6, 6.07) is 6.79. The van der Waals surface area contributed by atoms with Gasteiger partial charge in [-0.25, -0.2) is 4.39 Å². The molecular weight excluding hydrogens is 383 g/mol. The van der Waals surface area contributed by atoms with Gasteiger partial charge in [-0.1, -0.05) is 30.3 Å². The van der Waals surface area contributed by atoms with Crippen LogP contribution in [-0.4, -0.2) is 77.9 Å². The number of aliphatic hydroxyl groups is 2. The van der Waals surface area contributed by atoms with Gasteiger partial charge in [0.05, 0.1) is 18.8 Å². The lowest BCUT2D eigenvalue weighted by molar-refractivity contribution is -0.287. The van der Waals surface area contributed by atoms with Crippen molar-refractivity contribution in [3.05, 3.63) is 35.9 Å². The van der Waals surface area contributed by atoms with Crippen molar-refractivity contribution in [1.29, 1.82) is 0 Å². The van der Waals surface area contributed by atoms with Crippen molar-refractivity contribution in [3.8, 4) is 0 Å². The van der Waals surface area contributed by atoms with Gasteiger partial charge in [0.25, 0.3) is 0 Å². The number of rotatable bonds is 6. The molecule has 2 fully saturated rings. The molecule has 10 atom stereocenters. The summed E-state index contributed by atoms with van der Waals surface area (Å²) in [5.74, 6) is 0. The molecule has 1 aliphatic carbocycles. The Kier molecular flexibility index (Phi) is 7.54. The highest BCUT2D eigenvalue weighted by molar-refractivity contribution is 5.13. The Morgan fingerprint density at radius 3 is 2.38 bits per heavy atom. The van der Waals surface area contributed by atoms with Crippen LogP contribution in [0, 0.1) is 0 Å². The molecule has 0 spiro atoms. The molecule has 164 valence electrons. The largest absolute Gasteiger partial charge is 0.389 e. The fourth-order valence-corrected chi connectivity index (χ4v) is 3.82. The van der Waals surface area contributed by atoms with Gasteiger partial charge in [0.15, 0.2) is 6.29 Å². The monoisotopic (exact) mass is 414 g/mol. The number of aliphatic hydroxyl groups excluding tert-OH is 2. The summed E-state index contributed by atoms with van der Waals surface area (Å²) >= 11 is 0. The van der Waals surface area contributed by atoms with E-state index in [0.29, 0.717) is 0 Å². The number of hydrogen-bond donors (Lipinski definition) is 6. The van der Waals surface area contributed by atoms with E-state index >= 15 is 4.39 Å². The maximum Gasteiger partial charge on any atom is 0.176 e. The summed E-state index contributed by atoms with van der Waals surface area (Å²) in [7, 11) is 0. The highest BCUT2D eigenvalue weighted by Gasteiger charge is 2.49. The number of benzene rings is 1. The first-order chi connectivity index (χ1) is 13.8. The first-order valence-corrected chi connectivity index (χ1v) is 9.77. The van der Waals surface area contributed by atoms with E-state index in [2.05, 4.69) is 0 Å². The Morgan fingerprint density at radius 2 is 1.72 bits per heavy atom. The topological polar surface area (TPSA) is 172 Å². The highest BCUT2D eigenvalue weighted by atomic mass is 19.1. The molecular formula is C19H31FN4O5. The minimum atomic E-state index is -1.62. The number of alkyl halides is 1. The van der Waals surface area contributed by atoms with Crippen molar-refractivity contribution in [2.45, 2.75) is 74.1 Å². The van der Waals surface area contributed by atoms with Gasteiger partial charge in [-0.3, -0.25) is 0 Å². The van der Waals surface area contributed by atoms with Gasteiger partial charge in [-0.2, -0.15) is 0 Å². The minimum absolute atomic E-state index is 0.0147. The van der Waals surface area contributed by atoms with E-state index in [-0.39, 0.29) is 19.6 Å². The van der Waals surface area contributed by atoms with Crippen LogP contribution in [0.4, 0.5) is 4.39 Å². The summed E-state index contributed by atoms with van der Waals surface area (Å²) in [4.78, 5) is 0. The number of hydrogen-bond acceptors (Lipinski definition) is 9. The van der Waals surface area contributed by atoms with E-state index in [1.807, 2.05) is 30.3 Å². The van der Waals surface area contributed by atoms with Gasteiger partial charge < -0.3 is 47.4 Å². The van der Waals surface area contributed by atoms with Crippen LogP contribution in [0.1, 0.15) is 12.0 Å². The Bertz CT molecular complexity index is 642. The number of nitrogens with two attached hydrogens (primary N) is 4. The molecule has 0 bridgehead atoms. The lowest BCUT2D eigenvalue weighted by Crippen LogP contribution is -2.67. The van der Waals surface area contributed by atoms with Crippen molar-refractivity contribution in [3.63, 3.8) is 0 Å². The van der Waals surface area contributed by atoms with Gasteiger partial charge in [0.2, 0.25) is 0 Å². The molecule has 3 rings (SSSR count). The maximum atomic E-state index is 15.1. The van der Waals surface area contributed by atoms with Crippen LogP contribution in [-0.2, 0) is 20.8 Å². The lowest BCUT2D eigenvalue weighted by Gasteiger charge is -2.46. The second-order valence-electron chi connectivity index (χ2n) is 7.71. The highest BCUT2D eigenvalue weighted by Crippen LogP contribution is 2.29. The van der Waals surface area contributed by atoms with E-state index in [1.54, 1.807) is 0 Å². The van der Waals surface area contributed by atoms with Crippen molar-refractivity contribution in [1.82, 2.24) is 0 Å². The van der Waals surface area contributed by atoms with Crippen LogP contribution >= 0.6 is 0 Å². The third kappa shape index (κ3) is 4.93. The molecule has 0 amide bonds. The molecule has 1 aromatic carbocycles. The van der Waals surface area contributed by atoms with E-state index in [4.69, 9.17) is 37.1 Å². The van der Waals surface area contributed by atoms with Crippen molar-refractivity contribution in [2.24, 2.45) is 22.9 Å². The van der Waals surface area contributed by atoms with Gasteiger partial charge in [-0.15, -0.1) is 0 Å². The molecule has 29 heavy (non-hydrogen) atoms. The molecule has 10 N–H and O–H groups in total. The van der Waals surface area contributed by atoms with Crippen molar-refractivity contribution in [2.75, 3.05) is 6.54 Å². The van der Waals surface area contributed by atoms with E-state index < -0.39 is 61.1 Å². The zero-order valence-corrected chi connectivity index (χ0v) is 16.1. The Morgan fingerprint density at radius 1 is 1.03 bits per heavy atom. The van der Waals surface area contributed by atoms with Crippen molar-refractivity contribution >= 4 is 0 Å². The second kappa shape index (κ2) is 9.73. The first-order valence-electron chi connectivity index (χ1n) is 9.77. The fourth-order valence-electron chi connectivity index (χ4n) is 3.82. The molecule has 1 saturated carbocycles. The SMILES string of the molecule is NC[C@H]1O[C@H](O[C@H]2[C@H](O)[C@@H](O)[C@H](N)C[C@@H]2N)[C@H](N)[C@@H](F)[C@@H]1OCc1ccccc1. The Labute approximate surface area is 169 Å². The standard InChI is InChI=1S/C19H31FN4O5/c20-13-14(24)19(29-17-11(23)6-10(22)15(25)16(17)26)28-12(7-21)18(13)27-8-9-4-2-1-3-5-9/h1-5,10-19,25-26H,6-8,21-24H2/t10-,11+,12-,13-,14-,15+,16-,17-,18-,19-/m1/s1. The van der Waals surface area contributed by atoms with Crippen LogP contribution in [0.5, 0.6) is 0 Å². The number of ether oxygens (including phenoxy) is 3. The van der Waals surface area contributed by atoms with Crippen LogP contribution in [0.3, 0.4) is 0 Å². The summed E-state index contributed by atoms with van der Waals surface area (Å²) in [5.41, 5.74) is 24.4. The quantitative estimate of drug-likeness (QED) is 0.310. The molecule has 0 aromatic heterocycles.